The zero-order valence-electron chi connectivity index (χ0n) is 10.7. The molecular weight excluding hydrogens is 308 g/mol. The number of hydrogen-bond acceptors (Lipinski definition) is 4. The SMILES string of the molecule is CC(CNS(=O)(=O)c1ccc(CN)cc1Cl)S(C)=O. The Bertz CT molecular complexity index is 575. The lowest BCUT2D eigenvalue weighted by atomic mass is 10.2. The van der Waals surface area contributed by atoms with E-state index in [9.17, 15) is 12.6 Å². The summed E-state index contributed by atoms with van der Waals surface area (Å²) in [5, 5.41) is -0.141. The van der Waals surface area contributed by atoms with E-state index in [1.165, 1.54) is 18.4 Å². The molecule has 1 aromatic rings. The largest absolute Gasteiger partial charge is 0.326 e. The van der Waals surface area contributed by atoms with E-state index in [2.05, 4.69) is 4.72 Å². The Morgan fingerprint density at radius 3 is 2.58 bits per heavy atom. The summed E-state index contributed by atoms with van der Waals surface area (Å²) in [6, 6.07) is 4.56. The summed E-state index contributed by atoms with van der Waals surface area (Å²) >= 11 is 5.94. The Labute approximate surface area is 121 Å². The molecule has 0 amide bonds. The first-order chi connectivity index (χ1) is 8.77. The van der Waals surface area contributed by atoms with Gasteiger partial charge in [0.15, 0.2) is 0 Å². The van der Waals surface area contributed by atoms with Crippen molar-refractivity contribution >= 4 is 32.4 Å². The number of benzene rings is 1. The predicted octanol–water partition coefficient (Wildman–Crippen LogP) is 0.844. The van der Waals surface area contributed by atoms with Crippen LogP contribution >= 0.6 is 11.6 Å². The van der Waals surface area contributed by atoms with E-state index in [4.69, 9.17) is 17.3 Å². The number of halogens is 1. The van der Waals surface area contributed by atoms with Gasteiger partial charge in [0.2, 0.25) is 10.0 Å². The maximum atomic E-state index is 12.1. The second-order valence-corrected chi connectivity index (χ2v) is 8.07. The molecule has 19 heavy (non-hydrogen) atoms. The van der Waals surface area contributed by atoms with Gasteiger partial charge in [-0.3, -0.25) is 4.21 Å². The lowest BCUT2D eigenvalue weighted by Crippen LogP contribution is -2.32. The minimum absolute atomic E-state index is 0.000419. The third-order valence-corrected chi connectivity index (χ3v) is 5.86. The zero-order chi connectivity index (χ0) is 14.6. The van der Waals surface area contributed by atoms with Gasteiger partial charge in [-0.05, 0) is 24.6 Å². The standard InChI is InChI=1S/C11H17ClN2O3S2/c1-8(18(2)15)7-14-19(16,17)11-4-3-9(6-13)5-10(11)12/h3-5,8,14H,6-7,13H2,1-2H3. The fraction of sp³-hybridized carbons (Fsp3) is 0.455. The quantitative estimate of drug-likeness (QED) is 0.811. The topological polar surface area (TPSA) is 89.3 Å². The van der Waals surface area contributed by atoms with Crippen molar-refractivity contribution in [1.29, 1.82) is 0 Å². The molecule has 8 heteroatoms. The Hall–Kier alpha value is -0.470. The maximum Gasteiger partial charge on any atom is 0.242 e. The first kappa shape index (κ1) is 16.6. The van der Waals surface area contributed by atoms with Crippen LogP contribution in [0, 0.1) is 0 Å². The fourth-order valence-electron chi connectivity index (χ4n) is 1.31. The molecule has 0 bridgehead atoms. The number of nitrogens with one attached hydrogen (secondary N) is 1. The van der Waals surface area contributed by atoms with Gasteiger partial charge in [0.05, 0.1) is 5.02 Å². The second-order valence-electron chi connectivity index (χ2n) is 4.13. The van der Waals surface area contributed by atoms with E-state index in [1.54, 1.807) is 13.0 Å². The molecule has 1 rings (SSSR count). The highest BCUT2D eigenvalue weighted by Gasteiger charge is 2.19. The highest BCUT2D eigenvalue weighted by molar-refractivity contribution is 7.89. The first-order valence-electron chi connectivity index (χ1n) is 5.58. The second kappa shape index (κ2) is 6.81. The van der Waals surface area contributed by atoms with Crippen LogP contribution in [0.1, 0.15) is 12.5 Å². The van der Waals surface area contributed by atoms with Crippen LogP contribution in [0.15, 0.2) is 23.1 Å². The normalized spacial score (nSPS) is 15.2. The van der Waals surface area contributed by atoms with Gasteiger partial charge < -0.3 is 5.73 Å². The lowest BCUT2D eigenvalue weighted by molar-refractivity contribution is 0.580. The summed E-state index contributed by atoms with van der Waals surface area (Å²) in [4.78, 5) is 0.000419. The maximum absolute atomic E-state index is 12.1. The zero-order valence-corrected chi connectivity index (χ0v) is 13.1. The molecule has 0 aliphatic rings. The Kier molecular flexibility index (Phi) is 5.94. The molecular formula is C11H17ClN2O3S2. The Balaban J connectivity index is 2.92. The van der Waals surface area contributed by atoms with E-state index < -0.39 is 20.8 Å². The van der Waals surface area contributed by atoms with Crippen LogP contribution in [-0.2, 0) is 27.4 Å². The third kappa shape index (κ3) is 4.54. The highest BCUT2D eigenvalue weighted by Crippen LogP contribution is 2.22. The van der Waals surface area contributed by atoms with Crippen molar-refractivity contribution in [3.8, 4) is 0 Å². The van der Waals surface area contributed by atoms with Crippen LogP contribution < -0.4 is 10.5 Å². The minimum Gasteiger partial charge on any atom is -0.326 e. The van der Waals surface area contributed by atoms with E-state index in [-0.39, 0.29) is 21.7 Å². The van der Waals surface area contributed by atoms with Crippen LogP contribution in [0.3, 0.4) is 0 Å². The molecule has 0 radical (unpaired) electrons. The molecule has 5 nitrogen and oxygen atoms in total. The monoisotopic (exact) mass is 324 g/mol. The van der Waals surface area contributed by atoms with Crippen LogP contribution in [0.4, 0.5) is 0 Å². The molecule has 0 fully saturated rings. The third-order valence-electron chi connectivity index (χ3n) is 2.65. The van der Waals surface area contributed by atoms with E-state index >= 15 is 0 Å². The van der Waals surface area contributed by atoms with E-state index in [1.807, 2.05) is 0 Å². The summed E-state index contributed by atoms with van der Waals surface area (Å²) < 4.78 is 37.7. The summed E-state index contributed by atoms with van der Waals surface area (Å²) in [7, 11) is -4.79. The van der Waals surface area contributed by atoms with Gasteiger partial charge >= 0.3 is 0 Å². The van der Waals surface area contributed by atoms with Crippen LogP contribution in [0.5, 0.6) is 0 Å². The molecule has 0 aromatic heterocycles. The van der Waals surface area contributed by atoms with Crippen molar-refractivity contribution in [3.63, 3.8) is 0 Å². The average molecular weight is 325 g/mol. The van der Waals surface area contributed by atoms with Crippen molar-refractivity contribution in [2.24, 2.45) is 5.73 Å². The van der Waals surface area contributed by atoms with E-state index in [0.29, 0.717) is 6.54 Å². The molecule has 0 heterocycles. The molecule has 0 aliphatic carbocycles. The lowest BCUT2D eigenvalue weighted by Gasteiger charge is -2.12. The summed E-state index contributed by atoms with van der Waals surface area (Å²) in [6.45, 7) is 2.09. The number of rotatable bonds is 6. The van der Waals surface area contributed by atoms with Gasteiger partial charge in [-0.2, -0.15) is 0 Å². The fourth-order valence-corrected chi connectivity index (χ4v) is 3.43. The molecule has 2 unspecified atom stereocenters. The Morgan fingerprint density at radius 2 is 2.11 bits per heavy atom. The van der Waals surface area contributed by atoms with Crippen LogP contribution in [0.2, 0.25) is 5.02 Å². The van der Waals surface area contributed by atoms with Crippen molar-refractivity contribution in [2.75, 3.05) is 12.8 Å². The van der Waals surface area contributed by atoms with Gasteiger partial charge in [-0.15, -0.1) is 0 Å². The predicted molar refractivity (Wildman–Crippen MR) is 78.1 cm³/mol. The van der Waals surface area contributed by atoms with Gasteiger partial charge in [0.1, 0.15) is 4.90 Å². The van der Waals surface area contributed by atoms with Gasteiger partial charge in [-0.25, -0.2) is 13.1 Å². The smallest absolute Gasteiger partial charge is 0.242 e. The molecule has 0 saturated carbocycles. The average Bonchev–Trinajstić information content (AvgIpc) is 2.35. The van der Waals surface area contributed by atoms with Gasteiger partial charge in [0, 0.05) is 35.4 Å². The summed E-state index contributed by atoms with van der Waals surface area (Å²) in [6.07, 6.45) is 1.53. The first-order valence-corrected chi connectivity index (χ1v) is 9.06. The number of nitrogens with two attached hydrogens (primary N) is 1. The summed E-state index contributed by atoms with van der Waals surface area (Å²) in [5.74, 6) is 0. The van der Waals surface area contributed by atoms with E-state index in [0.717, 1.165) is 5.56 Å². The van der Waals surface area contributed by atoms with Crippen molar-refractivity contribution in [3.05, 3.63) is 28.8 Å². The summed E-state index contributed by atoms with van der Waals surface area (Å²) in [5.41, 5.74) is 6.21. The molecule has 0 aliphatic heterocycles. The highest BCUT2D eigenvalue weighted by atomic mass is 35.5. The molecule has 0 saturated heterocycles. The van der Waals surface area contributed by atoms with Crippen molar-refractivity contribution in [2.45, 2.75) is 23.6 Å². The van der Waals surface area contributed by atoms with Gasteiger partial charge in [-0.1, -0.05) is 17.7 Å². The van der Waals surface area contributed by atoms with Crippen molar-refractivity contribution in [1.82, 2.24) is 4.72 Å². The molecule has 1 aromatic carbocycles. The van der Waals surface area contributed by atoms with Gasteiger partial charge in [0.25, 0.3) is 0 Å². The molecule has 0 spiro atoms. The van der Waals surface area contributed by atoms with Crippen LogP contribution in [0.25, 0.3) is 0 Å². The molecule has 108 valence electrons. The number of hydrogen-bond donors (Lipinski definition) is 2. The molecule has 3 N–H and O–H groups in total. The van der Waals surface area contributed by atoms with Crippen LogP contribution in [-0.4, -0.2) is 30.7 Å². The molecule has 2 atom stereocenters. The minimum atomic E-state index is -3.70. The Morgan fingerprint density at radius 1 is 1.47 bits per heavy atom. The van der Waals surface area contributed by atoms with Crippen molar-refractivity contribution < 1.29 is 12.6 Å². The number of sulfonamides is 1.